The Hall–Kier alpha value is -4.46. The van der Waals surface area contributed by atoms with Crippen LogP contribution in [0, 0.1) is 0 Å². The van der Waals surface area contributed by atoms with Crippen molar-refractivity contribution >= 4 is 23.5 Å². The van der Waals surface area contributed by atoms with Crippen LogP contribution in [0.4, 0.5) is 0 Å². The van der Waals surface area contributed by atoms with Crippen molar-refractivity contribution in [3.05, 3.63) is 102 Å². The second kappa shape index (κ2) is 14.6. The Bertz CT molecular complexity index is 1650. The van der Waals surface area contributed by atoms with Crippen LogP contribution in [0.2, 0.25) is 0 Å². The van der Waals surface area contributed by atoms with Crippen LogP contribution in [0.5, 0.6) is 0 Å². The molecule has 0 atom stereocenters. The molecule has 0 radical (unpaired) electrons. The van der Waals surface area contributed by atoms with Gasteiger partial charge < -0.3 is 14.4 Å². The maximum Gasteiger partial charge on any atom is 0.162 e. The van der Waals surface area contributed by atoms with Gasteiger partial charge in [0.2, 0.25) is 0 Å². The monoisotopic (exact) mass is 571 g/mol. The lowest BCUT2D eigenvalue weighted by Gasteiger charge is -2.10. The van der Waals surface area contributed by atoms with Crippen molar-refractivity contribution in [3.8, 4) is 28.3 Å². The summed E-state index contributed by atoms with van der Waals surface area (Å²) >= 11 is 0. The molecule has 220 valence electrons. The van der Waals surface area contributed by atoms with E-state index in [0.717, 1.165) is 83.7 Å². The molecule has 0 fully saturated rings. The topological polar surface area (TPSA) is 61.9 Å². The van der Waals surface area contributed by atoms with E-state index in [4.69, 9.17) is 9.97 Å². The summed E-state index contributed by atoms with van der Waals surface area (Å²) in [7, 11) is 8.35. The lowest BCUT2D eigenvalue weighted by Crippen LogP contribution is -2.13. The number of aliphatic imine (C=N–C) groups is 2. The number of benzene rings is 3. The summed E-state index contributed by atoms with van der Waals surface area (Å²) in [6, 6.07) is 29.2. The van der Waals surface area contributed by atoms with Crippen LogP contribution >= 0.6 is 0 Å². The molecule has 0 N–H and O–H groups in total. The van der Waals surface area contributed by atoms with Crippen molar-refractivity contribution in [3.63, 3.8) is 0 Å². The van der Waals surface area contributed by atoms with Crippen LogP contribution in [-0.4, -0.2) is 91.1 Å². The SMILES string of the molecule is CN(C)CCC/N=C\c1ccc(-c2nc(-c3ccc(/C=N/CCCN(C)C)cc3)nc3c2ccn3-c2ccccc2)cc1. The molecule has 2 aromatic heterocycles. The zero-order valence-electron chi connectivity index (χ0n) is 25.7. The molecule has 5 aromatic rings. The van der Waals surface area contributed by atoms with Gasteiger partial charge >= 0.3 is 0 Å². The molecule has 43 heavy (non-hydrogen) atoms. The predicted molar refractivity (Wildman–Crippen MR) is 181 cm³/mol. The average Bonchev–Trinajstić information content (AvgIpc) is 3.45. The minimum atomic E-state index is 0.694. The van der Waals surface area contributed by atoms with Crippen LogP contribution < -0.4 is 0 Å². The van der Waals surface area contributed by atoms with Crippen LogP contribution in [-0.2, 0) is 0 Å². The Labute approximate surface area is 255 Å². The zero-order valence-corrected chi connectivity index (χ0v) is 25.7. The summed E-state index contributed by atoms with van der Waals surface area (Å²) in [6.45, 7) is 3.72. The Morgan fingerprint density at radius 2 is 1.21 bits per heavy atom. The Morgan fingerprint density at radius 3 is 1.77 bits per heavy atom. The van der Waals surface area contributed by atoms with Crippen molar-refractivity contribution in [1.29, 1.82) is 0 Å². The molecule has 7 nitrogen and oxygen atoms in total. The summed E-state index contributed by atoms with van der Waals surface area (Å²) < 4.78 is 2.13. The van der Waals surface area contributed by atoms with E-state index in [0.29, 0.717) is 5.82 Å². The minimum Gasteiger partial charge on any atom is -0.309 e. The quantitative estimate of drug-likeness (QED) is 0.120. The van der Waals surface area contributed by atoms with E-state index >= 15 is 0 Å². The lowest BCUT2D eigenvalue weighted by atomic mass is 10.1. The molecule has 0 aliphatic heterocycles. The van der Waals surface area contributed by atoms with E-state index < -0.39 is 0 Å². The van der Waals surface area contributed by atoms with Crippen LogP contribution in [0.1, 0.15) is 24.0 Å². The highest BCUT2D eigenvalue weighted by molar-refractivity contribution is 5.94. The molecule has 0 saturated heterocycles. The predicted octanol–water partition coefficient (Wildman–Crippen LogP) is 6.50. The molecule has 0 amide bonds. The third-order valence-corrected chi connectivity index (χ3v) is 7.20. The Balaban J connectivity index is 1.45. The van der Waals surface area contributed by atoms with E-state index in [1.807, 2.05) is 30.6 Å². The molecule has 0 spiro atoms. The number of rotatable bonds is 13. The Morgan fingerprint density at radius 1 is 0.651 bits per heavy atom. The van der Waals surface area contributed by atoms with Gasteiger partial charge in [-0.1, -0.05) is 66.7 Å². The maximum absolute atomic E-state index is 5.11. The standard InChI is InChI=1S/C36H41N7/c1-41(2)23-8-21-37-26-28-12-16-30(17-13-28)34-33-20-25-43(32-10-6-5-7-11-32)36(33)40-35(39-34)31-18-14-29(15-19-31)27-38-22-9-24-42(3)4/h5-7,10-20,25-27H,8-9,21-24H2,1-4H3/b37-26-,38-27+. The number of nitrogens with zero attached hydrogens (tertiary/aromatic N) is 7. The molecule has 0 aliphatic rings. The van der Waals surface area contributed by atoms with Gasteiger partial charge in [-0.2, -0.15) is 0 Å². The van der Waals surface area contributed by atoms with Crippen LogP contribution in [0.25, 0.3) is 39.4 Å². The highest BCUT2D eigenvalue weighted by atomic mass is 15.1. The van der Waals surface area contributed by atoms with Crippen molar-refractivity contribution in [2.24, 2.45) is 9.98 Å². The van der Waals surface area contributed by atoms with E-state index in [1.165, 1.54) is 0 Å². The van der Waals surface area contributed by atoms with E-state index in [9.17, 15) is 0 Å². The van der Waals surface area contributed by atoms with Gasteiger partial charge in [0.1, 0.15) is 5.65 Å². The number of aromatic nitrogens is 3. The third kappa shape index (κ3) is 8.09. The fourth-order valence-electron chi connectivity index (χ4n) is 4.90. The first-order chi connectivity index (χ1) is 21.0. The summed E-state index contributed by atoms with van der Waals surface area (Å²) in [5, 5.41) is 1.01. The maximum atomic E-state index is 5.11. The van der Waals surface area contributed by atoms with Gasteiger partial charge in [0.15, 0.2) is 5.82 Å². The number of fused-ring (bicyclic) bond motifs is 1. The van der Waals surface area contributed by atoms with Crippen molar-refractivity contribution in [2.45, 2.75) is 12.8 Å². The molecule has 3 aromatic carbocycles. The number of hydrogen-bond donors (Lipinski definition) is 0. The van der Waals surface area contributed by atoms with E-state index in [-0.39, 0.29) is 0 Å². The normalized spacial score (nSPS) is 12.0. The number of hydrogen-bond acceptors (Lipinski definition) is 6. The molecule has 7 heteroatoms. The molecule has 0 saturated carbocycles. The summed E-state index contributed by atoms with van der Waals surface area (Å²) in [4.78, 5) is 23.8. The zero-order chi connectivity index (χ0) is 30.0. The second-order valence-corrected chi connectivity index (χ2v) is 11.3. The van der Waals surface area contributed by atoms with Gasteiger partial charge in [-0.15, -0.1) is 0 Å². The highest BCUT2D eigenvalue weighted by Gasteiger charge is 2.15. The number of para-hydroxylation sites is 1. The molecular formula is C36H41N7. The lowest BCUT2D eigenvalue weighted by molar-refractivity contribution is 0.403. The first kappa shape index (κ1) is 30.0. The van der Waals surface area contributed by atoms with Crippen LogP contribution in [0.3, 0.4) is 0 Å². The molecule has 2 heterocycles. The first-order valence-corrected chi connectivity index (χ1v) is 14.9. The van der Waals surface area contributed by atoms with Gasteiger partial charge in [-0.25, -0.2) is 9.97 Å². The average molecular weight is 572 g/mol. The Kier molecular flexibility index (Phi) is 10.2. The third-order valence-electron chi connectivity index (χ3n) is 7.20. The van der Waals surface area contributed by atoms with Gasteiger partial charge in [0.05, 0.1) is 5.69 Å². The molecular weight excluding hydrogens is 530 g/mol. The van der Waals surface area contributed by atoms with Crippen molar-refractivity contribution < 1.29 is 0 Å². The largest absolute Gasteiger partial charge is 0.309 e. The van der Waals surface area contributed by atoms with Gasteiger partial charge in [-0.3, -0.25) is 9.98 Å². The highest BCUT2D eigenvalue weighted by Crippen LogP contribution is 2.31. The van der Waals surface area contributed by atoms with Crippen LogP contribution in [0.15, 0.2) is 101 Å². The van der Waals surface area contributed by atoms with Gasteiger partial charge in [0, 0.05) is 53.9 Å². The second-order valence-electron chi connectivity index (χ2n) is 11.3. The fraction of sp³-hybridized carbons (Fsp3) is 0.278. The fourth-order valence-corrected chi connectivity index (χ4v) is 4.90. The minimum absolute atomic E-state index is 0.694. The van der Waals surface area contributed by atoms with Crippen molar-refractivity contribution in [2.75, 3.05) is 54.4 Å². The summed E-state index contributed by atoms with van der Waals surface area (Å²) in [6.07, 6.45) is 8.07. The molecule has 5 rings (SSSR count). The van der Waals surface area contributed by atoms with Gasteiger partial charge in [0.25, 0.3) is 0 Å². The summed E-state index contributed by atoms with van der Waals surface area (Å²) in [5.41, 5.74) is 7.03. The molecule has 0 bridgehead atoms. The molecule has 0 unspecified atom stereocenters. The summed E-state index contributed by atoms with van der Waals surface area (Å²) in [5.74, 6) is 0.694. The first-order valence-electron chi connectivity index (χ1n) is 14.9. The van der Waals surface area contributed by atoms with Crippen molar-refractivity contribution in [1.82, 2.24) is 24.3 Å². The van der Waals surface area contributed by atoms with E-state index in [1.54, 1.807) is 0 Å². The smallest absolute Gasteiger partial charge is 0.162 e. The van der Waals surface area contributed by atoms with Gasteiger partial charge in [-0.05, 0) is 83.4 Å². The van der Waals surface area contributed by atoms with E-state index in [2.05, 4.69) is 125 Å². The molecule has 0 aliphatic carbocycles.